The molecule has 0 aromatic heterocycles. The third-order valence-corrected chi connectivity index (χ3v) is 8.47. The maximum Gasteiger partial charge on any atom is 0.332 e. The van der Waals surface area contributed by atoms with Gasteiger partial charge in [-0.1, -0.05) is 66.8 Å². The molecule has 0 radical (unpaired) electrons. The van der Waals surface area contributed by atoms with E-state index in [2.05, 4.69) is 17.5 Å². The Kier molecular flexibility index (Phi) is 7.77. The van der Waals surface area contributed by atoms with E-state index in [0.29, 0.717) is 18.7 Å². The van der Waals surface area contributed by atoms with E-state index in [-0.39, 0.29) is 48.9 Å². The Morgan fingerprint density at radius 2 is 1.84 bits per heavy atom. The number of amides is 4. The SMILES string of the molecule is CN(C(=O)NCC1=CCCC=C1)N1CC(=O)N2[C@@H](Cc3ccc(O)c(O)c3)C(=O)N(Cc3cccc4ccccc34)C[C@@H]21. The van der Waals surface area contributed by atoms with Gasteiger partial charge in [-0.25, -0.2) is 4.79 Å². The van der Waals surface area contributed by atoms with Crippen LogP contribution >= 0.6 is 0 Å². The predicted octanol–water partition coefficient (Wildman–Crippen LogP) is 3.51. The Hall–Kier alpha value is -4.83. The summed E-state index contributed by atoms with van der Waals surface area (Å²) in [7, 11) is 1.63. The van der Waals surface area contributed by atoms with Crippen LogP contribution in [0, 0.1) is 0 Å². The van der Waals surface area contributed by atoms with Gasteiger partial charge in [0.25, 0.3) is 0 Å². The largest absolute Gasteiger partial charge is 0.504 e. The van der Waals surface area contributed by atoms with Gasteiger partial charge in [-0.15, -0.1) is 0 Å². The average molecular weight is 582 g/mol. The molecule has 0 spiro atoms. The minimum Gasteiger partial charge on any atom is -0.504 e. The molecule has 2 heterocycles. The van der Waals surface area contributed by atoms with Crippen molar-refractivity contribution in [3.8, 4) is 11.5 Å². The van der Waals surface area contributed by atoms with E-state index in [1.807, 2.05) is 48.5 Å². The number of allylic oxidation sites excluding steroid dienone is 2. The van der Waals surface area contributed by atoms with Crippen LogP contribution in [0.15, 0.2) is 84.5 Å². The predicted molar refractivity (Wildman–Crippen MR) is 162 cm³/mol. The van der Waals surface area contributed by atoms with Crippen molar-refractivity contribution < 1.29 is 24.6 Å². The molecule has 3 aliphatic rings. The number of nitrogens with zero attached hydrogens (tertiary/aromatic N) is 4. The first-order valence-corrected chi connectivity index (χ1v) is 14.5. The Morgan fingerprint density at radius 1 is 1.02 bits per heavy atom. The summed E-state index contributed by atoms with van der Waals surface area (Å²) in [5, 5.41) is 28.1. The van der Waals surface area contributed by atoms with E-state index in [9.17, 15) is 24.6 Å². The van der Waals surface area contributed by atoms with E-state index in [1.165, 1.54) is 17.1 Å². The van der Waals surface area contributed by atoms with Crippen LogP contribution in [0.2, 0.25) is 0 Å². The van der Waals surface area contributed by atoms with Gasteiger partial charge in [0, 0.05) is 26.6 Å². The lowest BCUT2D eigenvalue weighted by Gasteiger charge is -2.46. The number of phenols is 2. The third-order valence-electron chi connectivity index (χ3n) is 8.47. The average Bonchev–Trinajstić information content (AvgIpc) is 3.35. The summed E-state index contributed by atoms with van der Waals surface area (Å²) in [5.41, 5.74) is 2.62. The van der Waals surface area contributed by atoms with Crippen LogP contribution < -0.4 is 5.32 Å². The number of hydrazine groups is 1. The minimum atomic E-state index is -0.857. The molecule has 1 aliphatic carbocycles. The van der Waals surface area contributed by atoms with Crippen LogP contribution in [0.4, 0.5) is 4.79 Å². The number of urea groups is 1. The van der Waals surface area contributed by atoms with Crippen molar-refractivity contribution in [3.05, 3.63) is 95.6 Å². The molecule has 0 saturated carbocycles. The fourth-order valence-corrected chi connectivity index (χ4v) is 6.21. The number of nitrogens with one attached hydrogen (secondary N) is 1. The Balaban J connectivity index is 1.29. The summed E-state index contributed by atoms with van der Waals surface area (Å²) < 4.78 is 0. The van der Waals surface area contributed by atoms with E-state index < -0.39 is 12.2 Å². The summed E-state index contributed by atoms with van der Waals surface area (Å²) in [6.07, 6.45) is 7.70. The Morgan fingerprint density at radius 3 is 2.63 bits per heavy atom. The number of hydrogen-bond acceptors (Lipinski definition) is 6. The number of carbonyl (C=O) groups excluding carboxylic acids is 3. The second-order valence-corrected chi connectivity index (χ2v) is 11.2. The molecule has 2 aliphatic heterocycles. The van der Waals surface area contributed by atoms with E-state index in [0.717, 1.165) is 34.8 Å². The molecule has 0 unspecified atom stereocenters. The molecule has 4 amide bonds. The van der Waals surface area contributed by atoms with Gasteiger partial charge in [0.2, 0.25) is 11.8 Å². The zero-order valence-electron chi connectivity index (χ0n) is 24.0. The number of fused-ring (bicyclic) bond motifs is 2. The summed E-state index contributed by atoms with van der Waals surface area (Å²) in [6.45, 7) is 0.884. The number of rotatable bonds is 7. The van der Waals surface area contributed by atoms with Crippen molar-refractivity contribution in [1.29, 1.82) is 0 Å². The van der Waals surface area contributed by atoms with Gasteiger partial charge in [-0.05, 0) is 52.4 Å². The first kappa shape index (κ1) is 28.3. The molecule has 3 aromatic rings. The first-order valence-electron chi connectivity index (χ1n) is 14.5. The molecule has 10 nitrogen and oxygen atoms in total. The summed E-state index contributed by atoms with van der Waals surface area (Å²) in [6, 6.07) is 17.2. The van der Waals surface area contributed by atoms with Crippen molar-refractivity contribution >= 4 is 28.6 Å². The van der Waals surface area contributed by atoms with E-state index in [1.54, 1.807) is 27.9 Å². The van der Waals surface area contributed by atoms with Crippen LogP contribution in [0.1, 0.15) is 24.0 Å². The molecule has 222 valence electrons. The highest BCUT2D eigenvalue weighted by molar-refractivity contribution is 5.92. The smallest absolute Gasteiger partial charge is 0.332 e. The van der Waals surface area contributed by atoms with E-state index >= 15 is 0 Å². The Bertz CT molecular complexity index is 1630. The Labute approximate surface area is 250 Å². The van der Waals surface area contributed by atoms with Crippen molar-refractivity contribution in [1.82, 2.24) is 25.1 Å². The van der Waals surface area contributed by atoms with Gasteiger partial charge in [-0.3, -0.25) is 14.6 Å². The summed E-state index contributed by atoms with van der Waals surface area (Å²) in [4.78, 5) is 44.2. The fraction of sp³-hybridized carbons (Fsp3) is 0.303. The number of aromatic hydroxyl groups is 2. The number of phenolic OH excluding ortho intramolecular Hbond substituents is 2. The van der Waals surface area contributed by atoms with Crippen LogP contribution in [0.3, 0.4) is 0 Å². The zero-order chi connectivity index (χ0) is 30.1. The molecule has 2 atom stereocenters. The van der Waals surface area contributed by atoms with Crippen LogP contribution in [-0.4, -0.2) is 86.8 Å². The van der Waals surface area contributed by atoms with Gasteiger partial charge in [0.15, 0.2) is 11.5 Å². The van der Waals surface area contributed by atoms with Crippen molar-refractivity contribution in [2.75, 3.05) is 26.7 Å². The van der Waals surface area contributed by atoms with Crippen LogP contribution in [0.25, 0.3) is 10.8 Å². The number of piperazine rings is 1. The molecule has 2 fully saturated rings. The molecular formula is C33H35N5O5. The highest BCUT2D eigenvalue weighted by atomic mass is 16.3. The highest BCUT2D eigenvalue weighted by Gasteiger charge is 2.51. The van der Waals surface area contributed by atoms with Crippen LogP contribution in [0.5, 0.6) is 11.5 Å². The minimum absolute atomic E-state index is 0.0517. The first-order chi connectivity index (χ1) is 20.8. The van der Waals surface area contributed by atoms with Crippen molar-refractivity contribution in [3.63, 3.8) is 0 Å². The quantitative estimate of drug-likeness (QED) is 0.368. The second-order valence-electron chi connectivity index (χ2n) is 11.2. The van der Waals surface area contributed by atoms with Gasteiger partial charge in [-0.2, -0.15) is 5.01 Å². The zero-order valence-corrected chi connectivity index (χ0v) is 24.0. The van der Waals surface area contributed by atoms with Crippen LogP contribution in [-0.2, 0) is 22.6 Å². The second kappa shape index (κ2) is 11.8. The lowest BCUT2D eigenvalue weighted by Crippen LogP contribution is -2.65. The maximum atomic E-state index is 14.1. The topological polar surface area (TPSA) is 117 Å². The number of benzene rings is 3. The van der Waals surface area contributed by atoms with Gasteiger partial charge >= 0.3 is 6.03 Å². The number of hydrogen-bond donors (Lipinski definition) is 3. The molecule has 3 N–H and O–H groups in total. The van der Waals surface area contributed by atoms with E-state index in [4.69, 9.17) is 0 Å². The maximum absolute atomic E-state index is 14.1. The molecule has 2 saturated heterocycles. The molecule has 43 heavy (non-hydrogen) atoms. The summed E-state index contributed by atoms with van der Waals surface area (Å²) in [5.74, 6) is -1.02. The van der Waals surface area contributed by atoms with Gasteiger partial charge < -0.3 is 25.3 Å². The lowest BCUT2D eigenvalue weighted by molar-refractivity contribution is -0.157. The monoisotopic (exact) mass is 581 g/mol. The molecular weight excluding hydrogens is 546 g/mol. The van der Waals surface area contributed by atoms with Gasteiger partial charge in [0.1, 0.15) is 12.2 Å². The molecule has 0 bridgehead atoms. The third kappa shape index (κ3) is 5.65. The normalized spacial score (nSPS) is 20.3. The molecule has 6 rings (SSSR count). The van der Waals surface area contributed by atoms with Crippen molar-refractivity contribution in [2.24, 2.45) is 0 Å². The molecule has 10 heteroatoms. The fourth-order valence-electron chi connectivity index (χ4n) is 6.21. The molecule has 3 aromatic carbocycles. The standard InChI is InChI=1S/C33H35N5O5/c1-35(33(43)34-18-22-8-3-2-4-9-22)37-21-31(41)38-27(16-23-14-15-28(39)29(40)17-23)32(42)36(20-30(37)38)19-25-12-7-11-24-10-5-6-13-26(24)25/h3,5-15,17,27,30,39-40H,2,4,16,18-21H2,1H3,(H,34,43)/t27-,30+/m0/s1. The highest BCUT2D eigenvalue weighted by Crippen LogP contribution is 2.32. The summed E-state index contributed by atoms with van der Waals surface area (Å²) >= 11 is 0. The van der Waals surface area contributed by atoms with Crippen molar-refractivity contribution in [2.45, 2.75) is 38.0 Å². The van der Waals surface area contributed by atoms with Gasteiger partial charge in [0.05, 0.1) is 13.1 Å². The lowest BCUT2D eigenvalue weighted by atomic mass is 9.98. The number of carbonyl (C=O) groups is 3.